The molecule has 38 heavy (non-hydrogen) atoms. The Bertz CT molecular complexity index is 1810. The van der Waals surface area contributed by atoms with Gasteiger partial charge in [0.2, 0.25) is 0 Å². The number of aromatic amines is 1. The number of carboxylic acids is 2. The standard InChI is InChI=1S/C18H10N4O3.C9H8O4/c19-10-11-9-16-17(14-3-1-2-4-15(14)20-16)21(18(11)23)12-5-7-13(8-6-12)22(24)25;1-5-2-6(8(10)11)4-7(3-5)9(12)13/h1-9,20H;2-4H,1H3,(H,10,11)(H,12,13). The number of non-ortho nitro benzene ring substituents is 1. The Morgan fingerprint density at radius 3 is 2.11 bits per heavy atom. The van der Waals surface area contributed by atoms with Crippen molar-refractivity contribution in [1.29, 1.82) is 5.26 Å². The molecule has 2 heterocycles. The molecule has 0 amide bonds. The number of carboxylic acid groups (broad SMARTS) is 2. The summed E-state index contributed by atoms with van der Waals surface area (Å²) in [7, 11) is 0. The van der Waals surface area contributed by atoms with Crippen molar-refractivity contribution in [2.75, 3.05) is 0 Å². The molecule has 11 nitrogen and oxygen atoms in total. The smallest absolute Gasteiger partial charge is 0.335 e. The number of nitrogens with one attached hydrogen (secondary N) is 1. The number of hydrogen-bond donors (Lipinski definition) is 3. The molecule has 0 aliphatic carbocycles. The van der Waals surface area contributed by atoms with Crippen molar-refractivity contribution in [3.05, 3.63) is 116 Å². The van der Waals surface area contributed by atoms with E-state index in [2.05, 4.69) is 4.98 Å². The third-order valence-corrected chi connectivity index (χ3v) is 5.66. The van der Waals surface area contributed by atoms with Gasteiger partial charge in [-0.1, -0.05) is 18.2 Å². The van der Waals surface area contributed by atoms with E-state index >= 15 is 0 Å². The van der Waals surface area contributed by atoms with Gasteiger partial charge in [-0.15, -0.1) is 0 Å². The second-order valence-electron chi connectivity index (χ2n) is 8.21. The summed E-state index contributed by atoms with van der Waals surface area (Å²) in [4.78, 5) is 47.4. The van der Waals surface area contributed by atoms with Crippen LogP contribution in [0.2, 0.25) is 0 Å². The number of nitro benzene ring substituents is 1. The van der Waals surface area contributed by atoms with Crippen LogP contribution in [0.3, 0.4) is 0 Å². The summed E-state index contributed by atoms with van der Waals surface area (Å²) in [5, 5.41) is 38.2. The highest BCUT2D eigenvalue weighted by atomic mass is 16.6. The summed E-state index contributed by atoms with van der Waals surface area (Å²) in [6.45, 7) is 1.65. The summed E-state index contributed by atoms with van der Waals surface area (Å²) in [6, 6.07) is 20.6. The molecule has 2 aromatic heterocycles. The van der Waals surface area contributed by atoms with Gasteiger partial charge in [0, 0.05) is 28.7 Å². The van der Waals surface area contributed by atoms with E-state index in [4.69, 9.17) is 10.2 Å². The number of H-pyrrole nitrogens is 1. The number of benzene rings is 3. The minimum atomic E-state index is -1.12. The number of nitrogens with zero attached hydrogens (tertiary/aromatic N) is 3. The quantitative estimate of drug-likeness (QED) is 0.231. The van der Waals surface area contributed by atoms with E-state index in [0.29, 0.717) is 22.3 Å². The van der Waals surface area contributed by atoms with E-state index in [0.717, 1.165) is 17.0 Å². The maximum atomic E-state index is 12.8. The maximum Gasteiger partial charge on any atom is 0.335 e. The summed E-state index contributed by atoms with van der Waals surface area (Å²) >= 11 is 0. The molecular formula is C27H18N4O7. The van der Waals surface area contributed by atoms with Crippen LogP contribution in [0.5, 0.6) is 0 Å². The fraction of sp³-hybridized carbons (Fsp3) is 0.0370. The van der Waals surface area contributed by atoms with Gasteiger partial charge in [0.25, 0.3) is 11.2 Å². The fourth-order valence-electron chi connectivity index (χ4n) is 4.00. The van der Waals surface area contributed by atoms with Crippen LogP contribution in [0.4, 0.5) is 5.69 Å². The van der Waals surface area contributed by atoms with Crippen molar-refractivity contribution in [2.45, 2.75) is 6.92 Å². The van der Waals surface area contributed by atoms with Gasteiger partial charge < -0.3 is 15.2 Å². The van der Waals surface area contributed by atoms with Crippen molar-refractivity contribution < 1.29 is 24.7 Å². The molecule has 0 aliphatic heterocycles. The Kier molecular flexibility index (Phi) is 6.72. The Morgan fingerprint density at radius 2 is 1.55 bits per heavy atom. The number of aromatic nitrogens is 2. The monoisotopic (exact) mass is 510 g/mol. The lowest BCUT2D eigenvalue weighted by atomic mass is 10.1. The van der Waals surface area contributed by atoms with E-state index < -0.39 is 22.4 Å². The van der Waals surface area contributed by atoms with Crippen molar-refractivity contribution in [2.24, 2.45) is 0 Å². The third kappa shape index (κ3) is 4.82. The Morgan fingerprint density at radius 1 is 0.947 bits per heavy atom. The van der Waals surface area contributed by atoms with Gasteiger partial charge >= 0.3 is 11.9 Å². The van der Waals surface area contributed by atoms with Crippen LogP contribution in [-0.4, -0.2) is 36.6 Å². The highest BCUT2D eigenvalue weighted by molar-refractivity contribution is 6.06. The zero-order valence-corrected chi connectivity index (χ0v) is 19.7. The maximum absolute atomic E-state index is 12.8. The van der Waals surface area contributed by atoms with Gasteiger partial charge in [0.1, 0.15) is 11.6 Å². The van der Waals surface area contributed by atoms with Crippen LogP contribution in [0, 0.1) is 28.4 Å². The number of aryl methyl sites for hydroxylation is 1. The minimum absolute atomic E-state index is 0.00240. The van der Waals surface area contributed by atoms with E-state index in [9.17, 15) is 29.8 Å². The molecule has 0 radical (unpaired) electrons. The van der Waals surface area contributed by atoms with Crippen molar-refractivity contribution >= 4 is 39.6 Å². The highest BCUT2D eigenvalue weighted by Crippen LogP contribution is 2.27. The van der Waals surface area contributed by atoms with E-state index in [1.54, 1.807) is 6.92 Å². The van der Waals surface area contributed by atoms with E-state index in [1.807, 2.05) is 30.3 Å². The molecule has 0 atom stereocenters. The zero-order valence-electron chi connectivity index (χ0n) is 19.7. The number of para-hydroxylation sites is 1. The molecule has 11 heteroatoms. The number of nitriles is 1. The SMILES string of the molecule is Cc1cc(C(=O)O)cc(C(=O)O)c1.N#Cc1cc2[nH]c3ccccc3c2n(-c2ccc([N+](=O)[O-])cc2)c1=O. The van der Waals surface area contributed by atoms with E-state index in [1.165, 1.54) is 47.0 Å². The number of pyridine rings is 1. The predicted molar refractivity (Wildman–Crippen MR) is 138 cm³/mol. The van der Waals surface area contributed by atoms with Gasteiger partial charge in [0.15, 0.2) is 0 Å². The average molecular weight is 510 g/mol. The second kappa shape index (κ2) is 10.1. The van der Waals surface area contributed by atoms with Crippen molar-refractivity contribution in [3.8, 4) is 11.8 Å². The van der Waals surface area contributed by atoms with Crippen LogP contribution < -0.4 is 5.56 Å². The topological polar surface area (TPSA) is 179 Å². The molecule has 3 N–H and O–H groups in total. The first-order valence-electron chi connectivity index (χ1n) is 11.0. The Labute approximate surface area is 213 Å². The molecule has 5 aromatic rings. The normalized spacial score (nSPS) is 10.4. The molecule has 5 rings (SSSR count). The number of rotatable bonds is 4. The van der Waals surface area contributed by atoms with Gasteiger partial charge in [-0.05, 0) is 55.0 Å². The number of hydrogen-bond acceptors (Lipinski definition) is 6. The summed E-state index contributed by atoms with van der Waals surface area (Å²) in [5.41, 5.74) is 2.66. The van der Waals surface area contributed by atoms with Crippen LogP contribution in [-0.2, 0) is 0 Å². The Hall–Kier alpha value is -5.76. The number of aromatic carboxylic acids is 2. The summed E-state index contributed by atoms with van der Waals surface area (Å²) in [5.74, 6) is -2.24. The number of fused-ring (bicyclic) bond motifs is 3. The predicted octanol–water partition coefficient (Wildman–Crippen LogP) is 4.64. The van der Waals surface area contributed by atoms with Gasteiger partial charge in [-0.3, -0.25) is 19.5 Å². The average Bonchev–Trinajstić information content (AvgIpc) is 3.26. The molecule has 0 saturated carbocycles. The van der Waals surface area contributed by atoms with Crippen LogP contribution in [0.15, 0.2) is 77.6 Å². The van der Waals surface area contributed by atoms with Crippen molar-refractivity contribution in [3.63, 3.8) is 0 Å². The summed E-state index contributed by atoms with van der Waals surface area (Å²) < 4.78 is 1.41. The first kappa shape index (κ1) is 25.3. The van der Waals surface area contributed by atoms with Crippen LogP contribution in [0.25, 0.3) is 27.6 Å². The summed E-state index contributed by atoms with van der Waals surface area (Å²) in [6.07, 6.45) is 0. The largest absolute Gasteiger partial charge is 0.478 e. The number of nitro groups is 1. The molecule has 0 spiro atoms. The molecule has 0 unspecified atom stereocenters. The molecule has 0 bridgehead atoms. The second-order valence-corrected chi connectivity index (χ2v) is 8.21. The first-order valence-corrected chi connectivity index (χ1v) is 11.0. The van der Waals surface area contributed by atoms with Crippen LogP contribution >= 0.6 is 0 Å². The molecular weight excluding hydrogens is 492 g/mol. The first-order chi connectivity index (χ1) is 18.1. The molecule has 0 aliphatic rings. The zero-order chi connectivity index (χ0) is 27.6. The molecule has 3 aromatic carbocycles. The van der Waals surface area contributed by atoms with Gasteiger partial charge in [-0.25, -0.2) is 9.59 Å². The van der Waals surface area contributed by atoms with E-state index in [-0.39, 0.29) is 22.4 Å². The lowest BCUT2D eigenvalue weighted by Gasteiger charge is -2.09. The molecule has 0 fully saturated rings. The van der Waals surface area contributed by atoms with Crippen LogP contribution in [0.1, 0.15) is 31.8 Å². The fourth-order valence-corrected chi connectivity index (χ4v) is 4.00. The van der Waals surface area contributed by atoms with Crippen molar-refractivity contribution in [1.82, 2.24) is 9.55 Å². The molecule has 188 valence electrons. The highest BCUT2D eigenvalue weighted by Gasteiger charge is 2.16. The lowest BCUT2D eigenvalue weighted by Crippen LogP contribution is -2.21. The molecule has 0 saturated heterocycles. The van der Waals surface area contributed by atoms with Gasteiger partial charge in [0.05, 0.1) is 27.1 Å². The Balaban J connectivity index is 0.000000219. The third-order valence-electron chi connectivity index (χ3n) is 5.66. The van der Waals surface area contributed by atoms with Gasteiger partial charge in [-0.2, -0.15) is 5.26 Å². The number of carbonyl (C=O) groups is 2. The lowest BCUT2D eigenvalue weighted by molar-refractivity contribution is -0.384. The minimum Gasteiger partial charge on any atom is -0.478 e.